The number of sulfonamides is 1. The number of rotatable bonds is 8. The third-order valence-corrected chi connectivity index (χ3v) is 5.67. The van der Waals surface area contributed by atoms with Gasteiger partial charge in [-0.05, 0) is 26.7 Å². The summed E-state index contributed by atoms with van der Waals surface area (Å²) in [5, 5.41) is 0.688. The van der Waals surface area contributed by atoms with Crippen LogP contribution in [0.3, 0.4) is 0 Å². The minimum absolute atomic E-state index is 0.0782. The molecule has 0 N–H and O–H groups in total. The summed E-state index contributed by atoms with van der Waals surface area (Å²) >= 11 is 3.36. The second kappa shape index (κ2) is 8.60. The van der Waals surface area contributed by atoms with Crippen molar-refractivity contribution in [2.45, 2.75) is 58.1 Å². The van der Waals surface area contributed by atoms with E-state index in [9.17, 15) is 8.42 Å². The zero-order chi connectivity index (χ0) is 14.3. The molecule has 6 heteroatoms. The fourth-order valence-corrected chi connectivity index (χ4v) is 4.70. The molecular formula is C13H26BrNO3S. The molecular weight excluding hydrogens is 330 g/mol. The maximum Gasteiger partial charge on any atom is 0.216 e. The highest BCUT2D eigenvalue weighted by atomic mass is 79.9. The van der Waals surface area contributed by atoms with Gasteiger partial charge in [-0.25, -0.2) is 8.42 Å². The number of ether oxygens (including phenoxy) is 1. The fourth-order valence-electron chi connectivity index (χ4n) is 2.51. The van der Waals surface area contributed by atoms with Gasteiger partial charge >= 0.3 is 0 Å². The first kappa shape index (κ1) is 17.4. The fraction of sp³-hybridized carbons (Fsp3) is 1.00. The van der Waals surface area contributed by atoms with Crippen molar-refractivity contribution in [2.75, 3.05) is 24.2 Å². The van der Waals surface area contributed by atoms with Gasteiger partial charge in [0.25, 0.3) is 0 Å². The Hall–Kier alpha value is 0.350. The summed E-state index contributed by atoms with van der Waals surface area (Å²) in [6.07, 6.45) is 5.58. The number of alkyl halides is 1. The van der Waals surface area contributed by atoms with Gasteiger partial charge in [0.15, 0.2) is 0 Å². The molecule has 114 valence electrons. The average molecular weight is 356 g/mol. The minimum Gasteiger partial charge on any atom is -0.378 e. The summed E-state index contributed by atoms with van der Waals surface area (Å²) in [4.78, 5) is 0. The van der Waals surface area contributed by atoms with Crippen LogP contribution in [0.2, 0.25) is 0 Å². The molecule has 0 bridgehead atoms. The maximum absolute atomic E-state index is 12.4. The van der Waals surface area contributed by atoms with Gasteiger partial charge in [0, 0.05) is 17.9 Å². The predicted octanol–water partition coefficient (Wildman–Crippen LogP) is 2.77. The molecule has 0 spiro atoms. The molecule has 0 saturated heterocycles. The molecule has 1 aliphatic carbocycles. The van der Waals surface area contributed by atoms with Crippen LogP contribution in [-0.2, 0) is 14.8 Å². The second-order valence-electron chi connectivity index (χ2n) is 5.33. The third-order valence-electron chi connectivity index (χ3n) is 3.44. The van der Waals surface area contributed by atoms with E-state index in [0.717, 1.165) is 25.7 Å². The molecule has 0 atom stereocenters. The van der Waals surface area contributed by atoms with Crippen molar-refractivity contribution < 1.29 is 13.2 Å². The molecule has 0 aromatic rings. The highest BCUT2D eigenvalue weighted by Gasteiger charge is 2.30. The van der Waals surface area contributed by atoms with Crippen LogP contribution in [0, 0.1) is 0 Å². The molecule has 0 aliphatic heterocycles. The molecule has 1 fully saturated rings. The van der Waals surface area contributed by atoms with Gasteiger partial charge < -0.3 is 4.74 Å². The molecule has 19 heavy (non-hydrogen) atoms. The van der Waals surface area contributed by atoms with E-state index in [2.05, 4.69) is 15.9 Å². The van der Waals surface area contributed by atoms with Crippen molar-refractivity contribution in [1.82, 2.24) is 4.31 Å². The van der Waals surface area contributed by atoms with Crippen LogP contribution in [0.4, 0.5) is 0 Å². The summed E-state index contributed by atoms with van der Waals surface area (Å²) in [5.74, 6) is 0.0919. The molecule has 0 amide bonds. The summed E-state index contributed by atoms with van der Waals surface area (Å²) in [5.41, 5.74) is 0. The van der Waals surface area contributed by atoms with Crippen molar-refractivity contribution in [1.29, 1.82) is 0 Å². The smallest absolute Gasteiger partial charge is 0.216 e. The summed E-state index contributed by atoms with van der Waals surface area (Å²) in [7, 11) is -3.20. The first-order valence-corrected chi connectivity index (χ1v) is 9.87. The van der Waals surface area contributed by atoms with Gasteiger partial charge in [-0.3, -0.25) is 0 Å². The van der Waals surface area contributed by atoms with Crippen LogP contribution in [0.1, 0.15) is 46.0 Å². The lowest BCUT2D eigenvalue weighted by Gasteiger charge is -2.33. The van der Waals surface area contributed by atoms with E-state index in [1.165, 1.54) is 6.42 Å². The van der Waals surface area contributed by atoms with Crippen molar-refractivity contribution in [2.24, 2.45) is 0 Å². The summed E-state index contributed by atoms with van der Waals surface area (Å²) in [6.45, 7) is 4.69. The summed E-state index contributed by atoms with van der Waals surface area (Å²) < 4.78 is 31.9. The number of nitrogens with zero attached hydrogens (tertiary/aromatic N) is 1. The number of hydrogen-bond acceptors (Lipinski definition) is 3. The third kappa shape index (κ3) is 6.10. The Labute approximate surface area is 126 Å². The van der Waals surface area contributed by atoms with Crippen LogP contribution < -0.4 is 0 Å². The van der Waals surface area contributed by atoms with Gasteiger partial charge in [0.1, 0.15) is 0 Å². The molecule has 0 unspecified atom stereocenters. The molecule has 0 heterocycles. The minimum atomic E-state index is -3.20. The molecule has 0 radical (unpaired) electrons. The van der Waals surface area contributed by atoms with E-state index in [0.29, 0.717) is 11.9 Å². The Morgan fingerprint density at radius 1 is 1.26 bits per heavy atom. The Morgan fingerprint density at radius 2 is 1.89 bits per heavy atom. The van der Waals surface area contributed by atoms with Gasteiger partial charge in [-0.15, -0.1) is 0 Å². The first-order chi connectivity index (χ1) is 8.97. The Kier molecular flexibility index (Phi) is 7.87. The van der Waals surface area contributed by atoms with Crippen molar-refractivity contribution in [3.63, 3.8) is 0 Å². The van der Waals surface area contributed by atoms with E-state index in [4.69, 9.17) is 4.74 Å². The topological polar surface area (TPSA) is 46.6 Å². The quantitative estimate of drug-likeness (QED) is 0.629. The molecule has 0 aromatic carbocycles. The van der Waals surface area contributed by atoms with E-state index >= 15 is 0 Å². The van der Waals surface area contributed by atoms with E-state index in [-0.39, 0.29) is 24.5 Å². The second-order valence-corrected chi connectivity index (χ2v) is 8.16. The number of halogens is 1. The predicted molar refractivity (Wildman–Crippen MR) is 82.2 cm³/mol. The van der Waals surface area contributed by atoms with E-state index in [1.807, 2.05) is 13.8 Å². The van der Waals surface area contributed by atoms with E-state index < -0.39 is 10.0 Å². The van der Waals surface area contributed by atoms with Crippen molar-refractivity contribution >= 4 is 26.0 Å². The maximum atomic E-state index is 12.4. The van der Waals surface area contributed by atoms with Crippen LogP contribution in [-0.4, -0.2) is 49.1 Å². The molecule has 4 nitrogen and oxygen atoms in total. The largest absolute Gasteiger partial charge is 0.378 e. The Bertz CT molecular complexity index is 340. The standard InChI is InChI=1S/C13H26BrNO3S/c1-12(2)18-10-11-19(16,17)15(9-8-14)13-6-4-3-5-7-13/h12-13H,3-11H2,1-2H3. The van der Waals surface area contributed by atoms with Crippen molar-refractivity contribution in [3.05, 3.63) is 0 Å². The van der Waals surface area contributed by atoms with Crippen molar-refractivity contribution in [3.8, 4) is 0 Å². The van der Waals surface area contributed by atoms with Crippen LogP contribution >= 0.6 is 15.9 Å². The normalized spacial score (nSPS) is 18.4. The van der Waals surface area contributed by atoms with Gasteiger partial charge in [0.05, 0.1) is 18.5 Å². The Balaban J connectivity index is 2.61. The summed E-state index contributed by atoms with van der Waals surface area (Å²) in [6, 6.07) is 0.190. The van der Waals surface area contributed by atoms with Crippen LogP contribution in [0.15, 0.2) is 0 Å². The molecule has 1 saturated carbocycles. The molecule has 0 aromatic heterocycles. The van der Waals surface area contributed by atoms with Crippen LogP contribution in [0.25, 0.3) is 0 Å². The highest BCUT2D eigenvalue weighted by molar-refractivity contribution is 9.09. The van der Waals surface area contributed by atoms with Gasteiger partial charge in [-0.2, -0.15) is 4.31 Å². The molecule has 1 aliphatic rings. The Morgan fingerprint density at radius 3 is 2.42 bits per heavy atom. The highest BCUT2D eigenvalue weighted by Crippen LogP contribution is 2.25. The monoisotopic (exact) mass is 355 g/mol. The number of hydrogen-bond donors (Lipinski definition) is 0. The average Bonchev–Trinajstić information content (AvgIpc) is 2.36. The van der Waals surface area contributed by atoms with Gasteiger partial charge in [-0.1, -0.05) is 35.2 Å². The van der Waals surface area contributed by atoms with Crippen LogP contribution in [0.5, 0.6) is 0 Å². The lowest BCUT2D eigenvalue weighted by atomic mass is 9.95. The lowest BCUT2D eigenvalue weighted by Crippen LogP contribution is -2.44. The zero-order valence-corrected chi connectivity index (χ0v) is 14.4. The van der Waals surface area contributed by atoms with Gasteiger partial charge in [0.2, 0.25) is 10.0 Å². The van der Waals surface area contributed by atoms with E-state index in [1.54, 1.807) is 4.31 Å². The first-order valence-electron chi connectivity index (χ1n) is 7.14. The lowest BCUT2D eigenvalue weighted by molar-refractivity contribution is 0.0903. The molecule has 1 rings (SSSR count). The zero-order valence-electron chi connectivity index (χ0n) is 12.0. The SMILES string of the molecule is CC(C)OCCS(=O)(=O)N(CCBr)C1CCCCC1.